The van der Waals surface area contributed by atoms with Crippen LogP contribution in [0.25, 0.3) is 10.8 Å². The van der Waals surface area contributed by atoms with Crippen molar-refractivity contribution in [3.05, 3.63) is 60.7 Å². The number of anilines is 1. The number of fused-ring (bicyclic) bond motifs is 1. The minimum atomic E-state index is -3.72. The largest absolute Gasteiger partial charge is 0.504 e. The molecular formula is C16H13NO4S. The van der Waals surface area contributed by atoms with E-state index >= 15 is 0 Å². The van der Waals surface area contributed by atoms with Gasteiger partial charge in [0.25, 0.3) is 10.0 Å². The second-order valence-corrected chi connectivity index (χ2v) is 6.50. The Labute approximate surface area is 127 Å². The molecule has 0 aliphatic heterocycles. The molecule has 6 heteroatoms. The third-order valence-electron chi connectivity index (χ3n) is 3.24. The van der Waals surface area contributed by atoms with E-state index in [9.17, 15) is 18.6 Å². The van der Waals surface area contributed by atoms with Crippen molar-refractivity contribution in [2.75, 3.05) is 4.72 Å². The molecule has 0 saturated carbocycles. The van der Waals surface area contributed by atoms with Gasteiger partial charge in [-0.05, 0) is 47.2 Å². The molecule has 3 rings (SSSR count). The molecule has 0 atom stereocenters. The first-order valence-electron chi connectivity index (χ1n) is 6.49. The lowest BCUT2D eigenvalue weighted by Crippen LogP contribution is -2.12. The lowest BCUT2D eigenvalue weighted by atomic mass is 10.1. The Bertz CT molecular complexity index is 937. The van der Waals surface area contributed by atoms with E-state index in [1.807, 2.05) is 0 Å². The van der Waals surface area contributed by atoms with Gasteiger partial charge in [-0.2, -0.15) is 0 Å². The number of phenolic OH excluding ortho intramolecular Hbond substituents is 2. The number of sulfonamides is 1. The van der Waals surface area contributed by atoms with E-state index in [0.29, 0.717) is 16.5 Å². The summed E-state index contributed by atoms with van der Waals surface area (Å²) in [4.78, 5) is 0.0777. The summed E-state index contributed by atoms with van der Waals surface area (Å²) in [6.07, 6.45) is 0. The van der Waals surface area contributed by atoms with E-state index in [1.165, 1.54) is 24.3 Å². The number of hydrogen-bond acceptors (Lipinski definition) is 4. The molecule has 0 aliphatic rings. The van der Waals surface area contributed by atoms with Gasteiger partial charge in [0.2, 0.25) is 0 Å². The summed E-state index contributed by atoms with van der Waals surface area (Å²) in [6.45, 7) is 0. The molecule has 0 fully saturated rings. The van der Waals surface area contributed by atoms with E-state index in [4.69, 9.17) is 0 Å². The zero-order valence-corrected chi connectivity index (χ0v) is 12.2. The molecule has 5 nitrogen and oxygen atoms in total. The second kappa shape index (κ2) is 5.23. The van der Waals surface area contributed by atoms with E-state index < -0.39 is 10.0 Å². The van der Waals surface area contributed by atoms with Gasteiger partial charge in [-0.3, -0.25) is 4.72 Å². The van der Waals surface area contributed by atoms with Crippen molar-refractivity contribution in [1.29, 1.82) is 0 Å². The van der Waals surface area contributed by atoms with Crippen LogP contribution in [0.15, 0.2) is 65.6 Å². The third-order valence-corrected chi connectivity index (χ3v) is 4.62. The number of para-hydroxylation sites is 1. The maximum Gasteiger partial charge on any atom is 0.261 e. The van der Waals surface area contributed by atoms with Crippen LogP contribution in [0.1, 0.15) is 0 Å². The molecule has 112 valence electrons. The number of phenols is 2. The lowest BCUT2D eigenvalue weighted by molar-refractivity contribution is 0.405. The van der Waals surface area contributed by atoms with Crippen LogP contribution in [0.5, 0.6) is 11.5 Å². The summed E-state index contributed by atoms with van der Waals surface area (Å²) < 4.78 is 27.2. The molecule has 3 N–H and O–H groups in total. The SMILES string of the molecule is O=S(=O)(Nc1ccccc1)c1ccc2cc(O)c(O)cc2c1. The van der Waals surface area contributed by atoms with Crippen molar-refractivity contribution in [3.8, 4) is 11.5 Å². The van der Waals surface area contributed by atoms with Gasteiger partial charge in [0.15, 0.2) is 11.5 Å². The summed E-state index contributed by atoms with van der Waals surface area (Å²) in [6, 6.07) is 15.8. The van der Waals surface area contributed by atoms with Crippen LogP contribution < -0.4 is 4.72 Å². The number of benzene rings is 3. The average molecular weight is 315 g/mol. The minimum Gasteiger partial charge on any atom is -0.504 e. The molecule has 0 bridgehead atoms. The van der Waals surface area contributed by atoms with Crippen molar-refractivity contribution in [2.45, 2.75) is 4.90 Å². The van der Waals surface area contributed by atoms with E-state index in [1.54, 1.807) is 36.4 Å². The van der Waals surface area contributed by atoms with Crippen LogP contribution in [0.4, 0.5) is 5.69 Å². The lowest BCUT2D eigenvalue weighted by Gasteiger charge is -2.09. The maximum atomic E-state index is 12.4. The number of rotatable bonds is 3. The predicted octanol–water partition coefficient (Wildman–Crippen LogP) is 3.05. The quantitative estimate of drug-likeness (QED) is 0.648. The number of hydrogen-bond donors (Lipinski definition) is 3. The Morgan fingerprint density at radius 3 is 2.09 bits per heavy atom. The van der Waals surface area contributed by atoms with E-state index in [0.717, 1.165) is 0 Å². The van der Waals surface area contributed by atoms with Gasteiger partial charge in [-0.1, -0.05) is 24.3 Å². The van der Waals surface area contributed by atoms with Crippen molar-refractivity contribution in [1.82, 2.24) is 0 Å². The Kier molecular flexibility index (Phi) is 3.38. The highest BCUT2D eigenvalue weighted by atomic mass is 32.2. The van der Waals surface area contributed by atoms with E-state index in [2.05, 4.69) is 4.72 Å². The fourth-order valence-electron chi connectivity index (χ4n) is 2.14. The second-order valence-electron chi connectivity index (χ2n) is 4.82. The Morgan fingerprint density at radius 1 is 0.773 bits per heavy atom. The zero-order chi connectivity index (χ0) is 15.7. The minimum absolute atomic E-state index is 0.0777. The molecule has 0 heterocycles. The summed E-state index contributed by atoms with van der Waals surface area (Å²) in [5.74, 6) is -0.538. The molecule has 0 aliphatic carbocycles. The highest BCUT2D eigenvalue weighted by Gasteiger charge is 2.15. The van der Waals surface area contributed by atoms with Gasteiger partial charge >= 0.3 is 0 Å². The van der Waals surface area contributed by atoms with Crippen LogP contribution in [-0.4, -0.2) is 18.6 Å². The summed E-state index contributed by atoms with van der Waals surface area (Å²) >= 11 is 0. The first-order chi connectivity index (χ1) is 10.5. The molecule has 0 amide bonds. The fourth-order valence-corrected chi connectivity index (χ4v) is 3.23. The first kappa shape index (κ1) is 14.2. The van der Waals surface area contributed by atoms with Gasteiger partial charge in [0.1, 0.15) is 0 Å². The fraction of sp³-hybridized carbons (Fsp3) is 0. The zero-order valence-electron chi connectivity index (χ0n) is 11.4. The van der Waals surface area contributed by atoms with Gasteiger partial charge in [-0.15, -0.1) is 0 Å². The van der Waals surface area contributed by atoms with E-state index in [-0.39, 0.29) is 16.4 Å². The molecule has 0 aromatic heterocycles. The Balaban J connectivity index is 2.04. The Morgan fingerprint density at radius 2 is 1.41 bits per heavy atom. The summed E-state index contributed by atoms with van der Waals surface area (Å²) in [7, 11) is -3.72. The Hall–Kier alpha value is -2.73. The number of aromatic hydroxyl groups is 2. The monoisotopic (exact) mass is 315 g/mol. The smallest absolute Gasteiger partial charge is 0.261 e. The molecule has 0 spiro atoms. The van der Waals surface area contributed by atoms with Crippen molar-refractivity contribution in [2.24, 2.45) is 0 Å². The highest BCUT2D eigenvalue weighted by molar-refractivity contribution is 7.92. The third kappa shape index (κ3) is 2.68. The van der Waals surface area contributed by atoms with Crippen LogP contribution in [0.2, 0.25) is 0 Å². The van der Waals surface area contributed by atoms with Crippen molar-refractivity contribution < 1.29 is 18.6 Å². The van der Waals surface area contributed by atoms with Gasteiger partial charge in [0.05, 0.1) is 4.90 Å². The maximum absolute atomic E-state index is 12.4. The molecule has 22 heavy (non-hydrogen) atoms. The number of nitrogens with one attached hydrogen (secondary N) is 1. The molecule has 0 saturated heterocycles. The van der Waals surface area contributed by atoms with Crippen LogP contribution in [0, 0.1) is 0 Å². The average Bonchev–Trinajstić information content (AvgIpc) is 2.48. The standard InChI is InChI=1S/C16H13NO4S/c18-15-9-11-6-7-14(8-12(11)10-16(15)19)22(20,21)17-13-4-2-1-3-5-13/h1-10,17-19H. The van der Waals surface area contributed by atoms with Gasteiger partial charge in [-0.25, -0.2) is 8.42 Å². The summed E-state index contributed by atoms with van der Waals surface area (Å²) in [5, 5.41) is 20.1. The topological polar surface area (TPSA) is 86.6 Å². The van der Waals surface area contributed by atoms with Crippen LogP contribution >= 0.6 is 0 Å². The molecule has 0 unspecified atom stereocenters. The highest BCUT2D eigenvalue weighted by Crippen LogP contribution is 2.31. The summed E-state index contributed by atoms with van der Waals surface area (Å²) in [5.41, 5.74) is 0.469. The molecular weight excluding hydrogens is 302 g/mol. The van der Waals surface area contributed by atoms with Gasteiger partial charge in [0, 0.05) is 5.69 Å². The van der Waals surface area contributed by atoms with Crippen LogP contribution in [0.3, 0.4) is 0 Å². The van der Waals surface area contributed by atoms with Crippen LogP contribution in [-0.2, 0) is 10.0 Å². The molecule has 0 radical (unpaired) electrons. The van der Waals surface area contributed by atoms with Crippen molar-refractivity contribution >= 4 is 26.5 Å². The van der Waals surface area contributed by atoms with Gasteiger partial charge < -0.3 is 10.2 Å². The first-order valence-corrected chi connectivity index (χ1v) is 7.98. The molecule has 3 aromatic rings. The predicted molar refractivity (Wildman–Crippen MR) is 84.5 cm³/mol. The molecule has 3 aromatic carbocycles. The normalized spacial score (nSPS) is 11.5. The van der Waals surface area contributed by atoms with Crippen molar-refractivity contribution in [3.63, 3.8) is 0 Å².